The number of carbonyl (C=O) groups is 3. The molecule has 3 rings (SSSR count). The van der Waals surface area contributed by atoms with Gasteiger partial charge in [-0.25, -0.2) is 0 Å². The van der Waals surface area contributed by atoms with Gasteiger partial charge in [0.1, 0.15) is 16.6 Å². The van der Waals surface area contributed by atoms with Crippen LogP contribution in [-0.2, 0) is 14.4 Å². The van der Waals surface area contributed by atoms with E-state index in [0.29, 0.717) is 26.2 Å². The van der Waals surface area contributed by atoms with E-state index in [0.717, 1.165) is 16.7 Å². The Balaban J connectivity index is 1.97. The van der Waals surface area contributed by atoms with Gasteiger partial charge in [0, 0.05) is 0 Å². The van der Waals surface area contributed by atoms with Crippen LogP contribution < -0.4 is 15.0 Å². The Bertz CT molecular complexity index is 774. The number of nitrogens with zero attached hydrogens (tertiary/aromatic N) is 1. The van der Waals surface area contributed by atoms with Crippen LogP contribution in [0.25, 0.3) is 6.08 Å². The molecular weight excluding hydrogens is 340 g/mol. The van der Waals surface area contributed by atoms with Crippen LogP contribution in [0.5, 0.6) is 5.75 Å². The van der Waals surface area contributed by atoms with Crippen molar-refractivity contribution in [1.82, 2.24) is 5.32 Å². The maximum atomic E-state index is 11.9. The summed E-state index contributed by atoms with van der Waals surface area (Å²) in [4.78, 5) is 36.1. The van der Waals surface area contributed by atoms with Crippen molar-refractivity contribution in [2.45, 2.75) is 0 Å². The van der Waals surface area contributed by atoms with E-state index in [9.17, 15) is 14.4 Å². The van der Waals surface area contributed by atoms with Gasteiger partial charge in [0.05, 0.1) is 10.6 Å². The largest absolute Gasteiger partial charge is 0.482 e. The summed E-state index contributed by atoms with van der Waals surface area (Å²) in [6.07, 6.45) is 1.62. The zero-order chi connectivity index (χ0) is 16.6. The molecule has 0 saturated carbocycles. The standard InChI is InChI=1S/C14H10N2O5S2/c17-11-6-21-9-2-1-7(3-8(9)16(11)5-12(18)19)4-10-13(20)15-14(22)23-10/h1-4H,5-6H2,(H,18,19)(H,15,20,22)/b10-4+. The summed E-state index contributed by atoms with van der Waals surface area (Å²) in [5.41, 5.74) is 1.00. The monoisotopic (exact) mass is 350 g/mol. The summed E-state index contributed by atoms with van der Waals surface area (Å²) in [6, 6.07) is 4.96. The molecule has 0 aromatic heterocycles. The van der Waals surface area contributed by atoms with Crippen LogP contribution >= 0.6 is 24.0 Å². The topological polar surface area (TPSA) is 95.9 Å². The zero-order valence-corrected chi connectivity index (χ0v) is 13.2. The van der Waals surface area contributed by atoms with Crippen molar-refractivity contribution in [2.24, 2.45) is 0 Å². The molecule has 1 fully saturated rings. The highest BCUT2D eigenvalue weighted by molar-refractivity contribution is 8.26. The van der Waals surface area contributed by atoms with Crippen LogP contribution in [0.4, 0.5) is 5.69 Å². The number of thioether (sulfide) groups is 1. The van der Waals surface area contributed by atoms with E-state index in [1.165, 1.54) is 0 Å². The number of amides is 2. The second-order valence-electron chi connectivity index (χ2n) is 4.74. The van der Waals surface area contributed by atoms with Crippen molar-refractivity contribution in [3.8, 4) is 5.75 Å². The molecule has 0 atom stereocenters. The summed E-state index contributed by atoms with van der Waals surface area (Å²) < 4.78 is 5.68. The number of carbonyl (C=O) groups excluding carboxylic acids is 2. The number of fused-ring (bicyclic) bond motifs is 1. The third-order valence-electron chi connectivity index (χ3n) is 3.16. The van der Waals surface area contributed by atoms with Crippen molar-refractivity contribution in [3.05, 3.63) is 28.7 Å². The molecule has 23 heavy (non-hydrogen) atoms. The molecule has 1 saturated heterocycles. The van der Waals surface area contributed by atoms with E-state index in [4.69, 9.17) is 22.1 Å². The minimum atomic E-state index is -1.12. The zero-order valence-electron chi connectivity index (χ0n) is 11.6. The normalized spacial score (nSPS) is 18.7. The van der Waals surface area contributed by atoms with Crippen molar-refractivity contribution in [2.75, 3.05) is 18.1 Å². The third kappa shape index (κ3) is 3.20. The van der Waals surface area contributed by atoms with Gasteiger partial charge in [-0.2, -0.15) is 0 Å². The maximum Gasteiger partial charge on any atom is 0.323 e. The Morgan fingerprint density at radius 1 is 1.48 bits per heavy atom. The average molecular weight is 350 g/mol. The lowest BCUT2D eigenvalue weighted by molar-refractivity contribution is -0.137. The number of hydrogen-bond donors (Lipinski definition) is 2. The highest BCUT2D eigenvalue weighted by atomic mass is 32.2. The molecule has 0 bridgehead atoms. The predicted molar refractivity (Wildman–Crippen MR) is 88.2 cm³/mol. The van der Waals surface area contributed by atoms with Gasteiger partial charge >= 0.3 is 5.97 Å². The smallest absolute Gasteiger partial charge is 0.323 e. The Hall–Kier alpha value is -2.39. The van der Waals surface area contributed by atoms with Gasteiger partial charge in [0.25, 0.3) is 11.8 Å². The number of carboxylic acids is 1. The molecule has 2 amide bonds. The van der Waals surface area contributed by atoms with Crippen LogP contribution in [0.2, 0.25) is 0 Å². The lowest BCUT2D eigenvalue weighted by Gasteiger charge is -2.28. The van der Waals surface area contributed by atoms with Crippen LogP contribution in [0.1, 0.15) is 5.56 Å². The number of anilines is 1. The van der Waals surface area contributed by atoms with Gasteiger partial charge in [-0.3, -0.25) is 19.3 Å². The highest BCUT2D eigenvalue weighted by Crippen LogP contribution is 2.34. The summed E-state index contributed by atoms with van der Waals surface area (Å²) in [6.45, 7) is -0.651. The van der Waals surface area contributed by atoms with Gasteiger partial charge in [-0.1, -0.05) is 30.0 Å². The van der Waals surface area contributed by atoms with Gasteiger partial charge in [-0.15, -0.1) is 0 Å². The molecule has 7 nitrogen and oxygen atoms in total. The first-order chi connectivity index (χ1) is 10.9. The quantitative estimate of drug-likeness (QED) is 0.620. The number of thiocarbonyl (C=S) groups is 1. The molecule has 0 spiro atoms. The number of benzene rings is 1. The Labute approximate surface area is 140 Å². The number of hydrogen-bond acceptors (Lipinski definition) is 6. The number of carboxylic acid groups (broad SMARTS) is 1. The van der Waals surface area contributed by atoms with Gasteiger partial charge in [-0.05, 0) is 23.8 Å². The maximum absolute atomic E-state index is 11.9. The Kier molecular flexibility index (Phi) is 4.05. The van der Waals surface area contributed by atoms with Gasteiger partial charge < -0.3 is 15.2 Å². The minimum Gasteiger partial charge on any atom is -0.482 e. The van der Waals surface area contributed by atoms with Crippen LogP contribution in [0.3, 0.4) is 0 Å². The average Bonchev–Trinajstić information content (AvgIpc) is 2.80. The second-order valence-corrected chi connectivity index (χ2v) is 6.46. The molecule has 0 aliphatic carbocycles. The molecule has 2 aliphatic heterocycles. The second kappa shape index (κ2) is 6.01. The van der Waals surface area contributed by atoms with E-state index >= 15 is 0 Å². The van der Waals surface area contributed by atoms with Crippen molar-refractivity contribution >= 4 is 57.8 Å². The SMILES string of the molecule is O=C(O)CN1C(=O)COc2ccc(/C=C3/SC(=S)NC3=O)cc21. The molecule has 2 heterocycles. The van der Waals surface area contributed by atoms with Crippen molar-refractivity contribution < 1.29 is 24.2 Å². The first kappa shape index (κ1) is 15.5. The number of aliphatic carboxylic acids is 1. The van der Waals surface area contributed by atoms with Gasteiger partial charge in [0.15, 0.2) is 6.61 Å². The Morgan fingerprint density at radius 3 is 2.91 bits per heavy atom. The molecule has 0 unspecified atom stereocenters. The fourth-order valence-corrected chi connectivity index (χ4v) is 3.23. The van der Waals surface area contributed by atoms with Crippen molar-refractivity contribution in [1.29, 1.82) is 0 Å². The number of nitrogens with one attached hydrogen (secondary N) is 1. The highest BCUT2D eigenvalue weighted by Gasteiger charge is 2.28. The van der Waals surface area contributed by atoms with Crippen molar-refractivity contribution in [3.63, 3.8) is 0 Å². The first-order valence-electron chi connectivity index (χ1n) is 6.48. The summed E-state index contributed by atoms with van der Waals surface area (Å²) in [7, 11) is 0. The molecule has 2 N–H and O–H groups in total. The van der Waals surface area contributed by atoms with Crippen LogP contribution in [0.15, 0.2) is 23.1 Å². The van der Waals surface area contributed by atoms with Gasteiger partial charge in [0.2, 0.25) is 0 Å². The van der Waals surface area contributed by atoms with E-state index in [2.05, 4.69) is 5.32 Å². The third-order valence-corrected chi connectivity index (χ3v) is 4.32. The lowest BCUT2D eigenvalue weighted by atomic mass is 10.1. The van der Waals surface area contributed by atoms with E-state index in [1.54, 1.807) is 24.3 Å². The molecule has 9 heteroatoms. The van der Waals surface area contributed by atoms with Crippen LogP contribution in [0, 0.1) is 0 Å². The predicted octanol–water partition coefficient (Wildman–Crippen LogP) is 0.985. The Morgan fingerprint density at radius 2 is 2.26 bits per heavy atom. The fraction of sp³-hybridized carbons (Fsp3) is 0.143. The summed E-state index contributed by atoms with van der Waals surface area (Å²) in [5.74, 6) is -1.41. The summed E-state index contributed by atoms with van der Waals surface area (Å²) >= 11 is 6.06. The van der Waals surface area contributed by atoms with Crippen LogP contribution in [-0.4, -0.2) is 40.4 Å². The summed E-state index contributed by atoms with van der Waals surface area (Å²) in [5, 5.41) is 11.5. The molecule has 1 aromatic carbocycles. The lowest BCUT2D eigenvalue weighted by Crippen LogP contribution is -2.41. The molecule has 2 aliphatic rings. The van der Waals surface area contributed by atoms with E-state index in [1.807, 2.05) is 0 Å². The molecular formula is C14H10N2O5S2. The first-order valence-corrected chi connectivity index (χ1v) is 7.70. The minimum absolute atomic E-state index is 0.201. The van der Waals surface area contributed by atoms with E-state index in [-0.39, 0.29) is 12.5 Å². The molecule has 0 radical (unpaired) electrons. The number of ether oxygens (including phenoxy) is 1. The number of rotatable bonds is 3. The van der Waals surface area contributed by atoms with E-state index < -0.39 is 18.4 Å². The molecule has 1 aromatic rings. The fourth-order valence-electron chi connectivity index (χ4n) is 2.19. The molecule has 118 valence electrons.